The second-order valence-electron chi connectivity index (χ2n) is 5.02. The molecule has 0 unspecified atom stereocenters. The van der Waals surface area contributed by atoms with Crippen LogP contribution in [0.4, 0.5) is 5.69 Å². The summed E-state index contributed by atoms with van der Waals surface area (Å²) >= 11 is 6.09. The number of aromatic amines is 1. The molecule has 2 aromatic rings. The summed E-state index contributed by atoms with van der Waals surface area (Å²) < 4.78 is 5.28. The Balaban J connectivity index is 1.87. The van der Waals surface area contributed by atoms with Crippen molar-refractivity contribution in [3.63, 3.8) is 0 Å². The van der Waals surface area contributed by atoms with Crippen LogP contribution < -0.4 is 15.2 Å². The number of halogens is 1. The monoisotopic (exact) mass is 305 g/mol. The number of nitrogens with zero attached hydrogens (tertiary/aromatic N) is 2. The second-order valence-corrected chi connectivity index (χ2v) is 5.40. The standard InChI is InChI=1S/C15H16ClN3O2/c1-21-12-3-2-10-4-6-19(7-5-11(10)8-12)13-9-17-18-15(20)14(13)16/h2-3,8-9H,4-7H2,1H3,(H,18,20). The molecule has 5 nitrogen and oxygen atoms in total. The summed E-state index contributed by atoms with van der Waals surface area (Å²) in [6, 6.07) is 6.17. The fourth-order valence-electron chi connectivity index (χ4n) is 2.66. The minimum absolute atomic E-state index is 0.202. The van der Waals surface area contributed by atoms with Crippen LogP contribution in [0.15, 0.2) is 29.2 Å². The lowest BCUT2D eigenvalue weighted by Crippen LogP contribution is -2.28. The van der Waals surface area contributed by atoms with Gasteiger partial charge >= 0.3 is 0 Å². The van der Waals surface area contributed by atoms with E-state index < -0.39 is 0 Å². The molecular weight excluding hydrogens is 290 g/mol. The maximum absolute atomic E-state index is 11.6. The number of H-pyrrole nitrogens is 1. The molecular formula is C15H16ClN3O2. The molecule has 0 saturated carbocycles. The number of anilines is 1. The minimum atomic E-state index is -0.349. The van der Waals surface area contributed by atoms with Gasteiger partial charge in [-0.15, -0.1) is 0 Å². The molecule has 1 aromatic heterocycles. The van der Waals surface area contributed by atoms with Crippen LogP contribution in [-0.2, 0) is 12.8 Å². The van der Waals surface area contributed by atoms with E-state index in [9.17, 15) is 4.79 Å². The first-order valence-electron chi connectivity index (χ1n) is 6.83. The van der Waals surface area contributed by atoms with Crippen LogP contribution in [0.25, 0.3) is 0 Å². The molecule has 110 valence electrons. The zero-order chi connectivity index (χ0) is 14.8. The van der Waals surface area contributed by atoms with E-state index in [0.717, 1.165) is 31.7 Å². The SMILES string of the molecule is COc1ccc2c(c1)CCN(c1cn[nH]c(=O)c1Cl)CC2. The van der Waals surface area contributed by atoms with E-state index >= 15 is 0 Å². The van der Waals surface area contributed by atoms with Gasteiger partial charge in [0, 0.05) is 13.1 Å². The summed E-state index contributed by atoms with van der Waals surface area (Å²) in [5.74, 6) is 0.873. The molecule has 0 amide bonds. The molecule has 1 N–H and O–H groups in total. The predicted molar refractivity (Wildman–Crippen MR) is 82.5 cm³/mol. The number of hydrogen-bond donors (Lipinski definition) is 1. The zero-order valence-corrected chi connectivity index (χ0v) is 12.5. The van der Waals surface area contributed by atoms with Crippen LogP contribution in [0, 0.1) is 0 Å². The van der Waals surface area contributed by atoms with Crippen molar-refractivity contribution in [3.8, 4) is 5.75 Å². The third-order valence-corrected chi connectivity index (χ3v) is 4.20. The first-order chi connectivity index (χ1) is 10.2. The fourth-order valence-corrected chi connectivity index (χ4v) is 2.87. The van der Waals surface area contributed by atoms with Gasteiger partial charge in [-0.05, 0) is 36.1 Å². The van der Waals surface area contributed by atoms with Gasteiger partial charge in [0.15, 0.2) is 0 Å². The van der Waals surface area contributed by atoms with Crippen LogP contribution in [-0.4, -0.2) is 30.4 Å². The van der Waals surface area contributed by atoms with Crippen LogP contribution >= 0.6 is 11.6 Å². The average Bonchev–Trinajstić information content (AvgIpc) is 2.72. The van der Waals surface area contributed by atoms with E-state index in [-0.39, 0.29) is 10.6 Å². The highest BCUT2D eigenvalue weighted by atomic mass is 35.5. The number of benzene rings is 1. The molecule has 1 aliphatic rings. The van der Waals surface area contributed by atoms with Gasteiger partial charge in [-0.3, -0.25) is 4.79 Å². The van der Waals surface area contributed by atoms with E-state index in [0.29, 0.717) is 5.69 Å². The normalized spacial score (nSPS) is 14.5. The molecule has 0 fully saturated rings. The largest absolute Gasteiger partial charge is 0.497 e. The predicted octanol–water partition coefficient (Wildman–Crippen LogP) is 2.04. The van der Waals surface area contributed by atoms with Gasteiger partial charge in [-0.1, -0.05) is 17.7 Å². The summed E-state index contributed by atoms with van der Waals surface area (Å²) in [4.78, 5) is 13.7. The van der Waals surface area contributed by atoms with Gasteiger partial charge in [0.25, 0.3) is 5.56 Å². The van der Waals surface area contributed by atoms with E-state index in [4.69, 9.17) is 16.3 Å². The second kappa shape index (κ2) is 5.77. The molecule has 0 saturated heterocycles. The maximum Gasteiger partial charge on any atom is 0.285 e. The highest BCUT2D eigenvalue weighted by Crippen LogP contribution is 2.26. The summed E-state index contributed by atoms with van der Waals surface area (Å²) in [6.45, 7) is 1.61. The number of hydrogen-bond acceptors (Lipinski definition) is 4. The van der Waals surface area contributed by atoms with Crippen molar-refractivity contribution in [2.75, 3.05) is 25.1 Å². The number of ether oxygens (including phenoxy) is 1. The van der Waals surface area contributed by atoms with E-state index in [1.165, 1.54) is 11.1 Å². The molecule has 1 aromatic carbocycles. The van der Waals surface area contributed by atoms with Crippen molar-refractivity contribution in [3.05, 3.63) is 50.9 Å². The molecule has 6 heteroatoms. The minimum Gasteiger partial charge on any atom is -0.497 e. The summed E-state index contributed by atoms with van der Waals surface area (Å²) in [7, 11) is 1.67. The first-order valence-corrected chi connectivity index (χ1v) is 7.21. The maximum atomic E-state index is 11.6. The van der Waals surface area contributed by atoms with Crippen LogP contribution in [0.1, 0.15) is 11.1 Å². The number of fused-ring (bicyclic) bond motifs is 1. The first kappa shape index (κ1) is 13.9. The van der Waals surface area contributed by atoms with Gasteiger partial charge in [0.05, 0.1) is 19.0 Å². The Morgan fingerprint density at radius 1 is 1.29 bits per heavy atom. The number of nitrogens with one attached hydrogen (secondary N) is 1. The zero-order valence-electron chi connectivity index (χ0n) is 11.7. The van der Waals surface area contributed by atoms with Crippen molar-refractivity contribution in [1.29, 1.82) is 0 Å². The summed E-state index contributed by atoms with van der Waals surface area (Å²) in [5, 5.41) is 6.39. The number of aromatic nitrogens is 2. The molecule has 0 radical (unpaired) electrons. The van der Waals surface area contributed by atoms with Gasteiger partial charge in [0.2, 0.25) is 0 Å². The summed E-state index contributed by atoms with van der Waals surface area (Å²) in [5.41, 5.74) is 2.94. The molecule has 21 heavy (non-hydrogen) atoms. The van der Waals surface area contributed by atoms with E-state index in [1.54, 1.807) is 13.3 Å². The van der Waals surface area contributed by atoms with Gasteiger partial charge in [-0.2, -0.15) is 5.10 Å². The topological polar surface area (TPSA) is 58.2 Å². The molecule has 0 spiro atoms. The van der Waals surface area contributed by atoms with Crippen molar-refractivity contribution in [2.24, 2.45) is 0 Å². The highest BCUT2D eigenvalue weighted by molar-refractivity contribution is 6.32. The number of rotatable bonds is 2. The van der Waals surface area contributed by atoms with Crippen LogP contribution in [0.3, 0.4) is 0 Å². The van der Waals surface area contributed by atoms with Crippen LogP contribution in [0.5, 0.6) is 5.75 Å². The average molecular weight is 306 g/mol. The molecule has 0 atom stereocenters. The van der Waals surface area contributed by atoms with Gasteiger partial charge in [-0.25, -0.2) is 5.10 Å². The quantitative estimate of drug-likeness (QED) is 0.922. The third-order valence-electron chi connectivity index (χ3n) is 3.83. The molecule has 0 bridgehead atoms. The Kier molecular flexibility index (Phi) is 3.84. The Bertz CT molecular complexity index is 714. The lowest BCUT2D eigenvalue weighted by molar-refractivity contribution is 0.414. The van der Waals surface area contributed by atoms with E-state index in [2.05, 4.69) is 27.2 Å². The van der Waals surface area contributed by atoms with Crippen molar-refractivity contribution < 1.29 is 4.74 Å². The van der Waals surface area contributed by atoms with Gasteiger partial charge < -0.3 is 9.64 Å². The molecule has 1 aliphatic heterocycles. The Morgan fingerprint density at radius 2 is 2.05 bits per heavy atom. The lowest BCUT2D eigenvalue weighted by atomic mass is 10.0. The highest BCUT2D eigenvalue weighted by Gasteiger charge is 2.18. The fraction of sp³-hybridized carbons (Fsp3) is 0.333. The Hall–Kier alpha value is -2.01. The van der Waals surface area contributed by atoms with Crippen LogP contribution in [0.2, 0.25) is 5.02 Å². The Labute approximate surface area is 127 Å². The summed E-state index contributed by atoms with van der Waals surface area (Å²) in [6.07, 6.45) is 3.40. The lowest BCUT2D eigenvalue weighted by Gasteiger charge is -2.22. The third kappa shape index (κ3) is 2.74. The Morgan fingerprint density at radius 3 is 2.81 bits per heavy atom. The number of methoxy groups -OCH3 is 1. The van der Waals surface area contributed by atoms with Gasteiger partial charge in [0.1, 0.15) is 10.8 Å². The molecule has 3 rings (SSSR count). The van der Waals surface area contributed by atoms with E-state index in [1.807, 2.05) is 6.07 Å². The van der Waals surface area contributed by atoms with Crippen molar-refractivity contribution in [1.82, 2.24) is 10.2 Å². The van der Waals surface area contributed by atoms with Crippen molar-refractivity contribution >= 4 is 17.3 Å². The smallest absolute Gasteiger partial charge is 0.285 e. The molecule has 0 aliphatic carbocycles. The molecule has 2 heterocycles. The van der Waals surface area contributed by atoms with Crippen molar-refractivity contribution in [2.45, 2.75) is 12.8 Å².